The van der Waals surface area contributed by atoms with Crippen molar-refractivity contribution in [3.8, 4) is 5.75 Å². The average molecular weight is 304 g/mol. The van der Waals surface area contributed by atoms with Crippen molar-refractivity contribution in [3.05, 3.63) is 36.0 Å². The van der Waals surface area contributed by atoms with Gasteiger partial charge >= 0.3 is 12.0 Å². The maximum atomic E-state index is 12.0. The fourth-order valence-corrected chi connectivity index (χ4v) is 2.38. The molecular formula is C16H20N2O4. The number of urea groups is 1. The average Bonchev–Trinajstić information content (AvgIpc) is 2.55. The Morgan fingerprint density at radius 3 is 2.73 bits per heavy atom. The number of rotatable bonds is 4. The molecule has 0 radical (unpaired) electrons. The number of benzene rings is 1. The van der Waals surface area contributed by atoms with Crippen LogP contribution < -0.4 is 10.1 Å². The molecule has 1 fully saturated rings. The molecule has 0 bridgehead atoms. The van der Waals surface area contributed by atoms with Crippen molar-refractivity contribution in [2.45, 2.75) is 12.8 Å². The van der Waals surface area contributed by atoms with Crippen LogP contribution in [-0.4, -0.2) is 42.2 Å². The van der Waals surface area contributed by atoms with Gasteiger partial charge in [0.2, 0.25) is 0 Å². The molecule has 1 aromatic rings. The van der Waals surface area contributed by atoms with Crippen molar-refractivity contribution in [2.75, 3.05) is 20.2 Å². The van der Waals surface area contributed by atoms with Gasteiger partial charge in [-0.2, -0.15) is 0 Å². The van der Waals surface area contributed by atoms with Gasteiger partial charge in [-0.05, 0) is 36.6 Å². The van der Waals surface area contributed by atoms with Gasteiger partial charge in [-0.25, -0.2) is 4.79 Å². The quantitative estimate of drug-likeness (QED) is 0.893. The summed E-state index contributed by atoms with van der Waals surface area (Å²) in [5.74, 6) is -0.362. The Hall–Kier alpha value is -2.50. The highest BCUT2D eigenvalue weighted by molar-refractivity contribution is 5.77. The molecule has 0 unspecified atom stereocenters. The van der Waals surface area contributed by atoms with E-state index in [-0.39, 0.29) is 11.9 Å². The largest absolute Gasteiger partial charge is 0.497 e. The van der Waals surface area contributed by atoms with E-state index in [1.165, 1.54) is 0 Å². The van der Waals surface area contributed by atoms with Gasteiger partial charge in [-0.3, -0.25) is 4.79 Å². The Labute approximate surface area is 129 Å². The third kappa shape index (κ3) is 4.25. The number of carbonyl (C=O) groups is 2. The van der Waals surface area contributed by atoms with E-state index < -0.39 is 5.97 Å². The predicted octanol–water partition coefficient (Wildman–Crippen LogP) is 2.17. The number of carboxylic acid groups (broad SMARTS) is 1. The molecule has 0 aromatic heterocycles. The van der Waals surface area contributed by atoms with Gasteiger partial charge in [-0.15, -0.1) is 0 Å². The molecule has 0 saturated carbocycles. The molecule has 1 saturated heterocycles. The Morgan fingerprint density at radius 2 is 2.09 bits per heavy atom. The fraction of sp³-hybridized carbons (Fsp3) is 0.375. The first kappa shape index (κ1) is 15.9. The van der Waals surface area contributed by atoms with Crippen LogP contribution in [0, 0.1) is 5.92 Å². The van der Waals surface area contributed by atoms with Crippen molar-refractivity contribution in [2.24, 2.45) is 5.92 Å². The van der Waals surface area contributed by atoms with Crippen LogP contribution in [0.4, 0.5) is 4.79 Å². The van der Waals surface area contributed by atoms with Gasteiger partial charge in [0.25, 0.3) is 0 Å². The molecule has 0 atom stereocenters. The van der Waals surface area contributed by atoms with E-state index in [0.717, 1.165) is 11.3 Å². The topological polar surface area (TPSA) is 78.9 Å². The number of nitrogens with zero attached hydrogens (tertiary/aromatic N) is 1. The first-order valence-corrected chi connectivity index (χ1v) is 7.19. The summed E-state index contributed by atoms with van der Waals surface area (Å²) in [4.78, 5) is 24.5. The molecule has 1 heterocycles. The lowest BCUT2D eigenvalue weighted by Crippen LogP contribution is -2.44. The highest BCUT2D eigenvalue weighted by Gasteiger charge is 2.26. The molecule has 118 valence electrons. The van der Waals surface area contributed by atoms with Crippen LogP contribution in [0.15, 0.2) is 30.5 Å². The van der Waals surface area contributed by atoms with E-state index in [1.54, 1.807) is 24.3 Å². The SMILES string of the molecule is COc1cccc(/C=C/NC(=O)N2CCC(C(=O)O)CC2)c1. The minimum absolute atomic E-state index is 0.206. The molecule has 22 heavy (non-hydrogen) atoms. The number of aliphatic carboxylic acids is 1. The third-order valence-electron chi connectivity index (χ3n) is 3.71. The number of hydrogen-bond acceptors (Lipinski definition) is 3. The van der Waals surface area contributed by atoms with Crippen molar-refractivity contribution in [1.29, 1.82) is 0 Å². The molecule has 2 rings (SSSR count). The molecule has 0 aliphatic carbocycles. The van der Waals surface area contributed by atoms with E-state index >= 15 is 0 Å². The first-order valence-electron chi connectivity index (χ1n) is 7.19. The zero-order chi connectivity index (χ0) is 15.9. The Bertz CT molecular complexity index is 563. The van der Waals surface area contributed by atoms with Gasteiger partial charge in [0, 0.05) is 19.3 Å². The maximum absolute atomic E-state index is 12.0. The van der Waals surface area contributed by atoms with Crippen LogP contribution in [0.1, 0.15) is 18.4 Å². The van der Waals surface area contributed by atoms with Gasteiger partial charge in [0.1, 0.15) is 5.75 Å². The molecule has 6 heteroatoms. The minimum Gasteiger partial charge on any atom is -0.497 e. The monoisotopic (exact) mass is 304 g/mol. The van der Waals surface area contributed by atoms with Crippen LogP contribution in [0.5, 0.6) is 5.75 Å². The second-order valence-electron chi connectivity index (χ2n) is 5.16. The zero-order valence-electron chi connectivity index (χ0n) is 12.5. The normalized spacial score (nSPS) is 15.8. The number of carbonyl (C=O) groups excluding carboxylic acids is 1. The van der Waals surface area contributed by atoms with E-state index in [9.17, 15) is 9.59 Å². The second kappa shape index (κ2) is 7.49. The highest BCUT2D eigenvalue weighted by Crippen LogP contribution is 2.17. The molecule has 6 nitrogen and oxygen atoms in total. The minimum atomic E-state index is -0.780. The summed E-state index contributed by atoms with van der Waals surface area (Å²) in [6, 6.07) is 7.28. The third-order valence-corrected chi connectivity index (χ3v) is 3.71. The molecule has 1 aliphatic rings. The molecular weight excluding hydrogens is 284 g/mol. The summed E-state index contributed by atoms with van der Waals surface area (Å²) in [6.45, 7) is 0.936. The highest BCUT2D eigenvalue weighted by atomic mass is 16.5. The summed E-state index contributed by atoms with van der Waals surface area (Å²) in [6.07, 6.45) is 4.37. The number of ether oxygens (including phenoxy) is 1. The number of carboxylic acids is 1. The van der Waals surface area contributed by atoms with Gasteiger partial charge < -0.3 is 20.1 Å². The number of likely N-dealkylation sites (tertiary alicyclic amines) is 1. The van der Waals surface area contributed by atoms with Crippen LogP contribution in [0.25, 0.3) is 6.08 Å². The lowest BCUT2D eigenvalue weighted by atomic mass is 9.97. The number of methoxy groups -OCH3 is 1. The molecule has 2 amide bonds. The van der Waals surface area contributed by atoms with E-state index in [2.05, 4.69) is 5.32 Å². The number of hydrogen-bond donors (Lipinski definition) is 2. The number of amides is 2. The number of nitrogens with one attached hydrogen (secondary N) is 1. The predicted molar refractivity (Wildman–Crippen MR) is 82.5 cm³/mol. The van der Waals surface area contributed by atoms with Crippen molar-refractivity contribution >= 4 is 18.1 Å². The molecule has 2 N–H and O–H groups in total. The Kier molecular flexibility index (Phi) is 5.41. The van der Waals surface area contributed by atoms with Gasteiger partial charge in [-0.1, -0.05) is 12.1 Å². The standard InChI is InChI=1S/C16H20N2O4/c1-22-14-4-2-3-12(11-14)5-8-17-16(21)18-9-6-13(7-10-18)15(19)20/h2-5,8,11,13H,6-7,9-10H2,1H3,(H,17,21)(H,19,20)/b8-5+. The van der Waals surface area contributed by atoms with Crippen LogP contribution in [-0.2, 0) is 4.79 Å². The van der Waals surface area contributed by atoms with Crippen molar-refractivity contribution < 1.29 is 19.4 Å². The van der Waals surface area contributed by atoms with Crippen molar-refractivity contribution in [1.82, 2.24) is 10.2 Å². The van der Waals surface area contributed by atoms with Crippen LogP contribution >= 0.6 is 0 Å². The lowest BCUT2D eigenvalue weighted by molar-refractivity contribution is -0.143. The summed E-state index contributed by atoms with van der Waals surface area (Å²) >= 11 is 0. The fourth-order valence-electron chi connectivity index (χ4n) is 2.38. The molecule has 0 spiro atoms. The Morgan fingerprint density at radius 1 is 1.36 bits per heavy atom. The van der Waals surface area contributed by atoms with Crippen molar-refractivity contribution in [3.63, 3.8) is 0 Å². The lowest BCUT2D eigenvalue weighted by Gasteiger charge is -2.29. The molecule has 1 aromatic carbocycles. The van der Waals surface area contributed by atoms with Crippen LogP contribution in [0.3, 0.4) is 0 Å². The first-order chi connectivity index (χ1) is 10.6. The summed E-state index contributed by atoms with van der Waals surface area (Å²) in [7, 11) is 1.60. The summed E-state index contributed by atoms with van der Waals surface area (Å²) in [5.41, 5.74) is 0.921. The second-order valence-corrected chi connectivity index (χ2v) is 5.16. The molecule has 1 aliphatic heterocycles. The smallest absolute Gasteiger partial charge is 0.321 e. The van der Waals surface area contributed by atoms with E-state index in [1.807, 2.05) is 24.3 Å². The zero-order valence-corrected chi connectivity index (χ0v) is 12.5. The van der Waals surface area contributed by atoms with Gasteiger partial charge in [0.05, 0.1) is 13.0 Å². The van der Waals surface area contributed by atoms with Crippen LogP contribution in [0.2, 0.25) is 0 Å². The summed E-state index contributed by atoms with van der Waals surface area (Å²) < 4.78 is 5.13. The van der Waals surface area contributed by atoms with E-state index in [4.69, 9.17) is 9.84 Å². The summed E-state index contributed by atoms with van der Waals surface area (Å²) in [5, 5.41) is 11.6. The maximum Gasteiger partial charge on any atom is 0.321 e. The Balaban J connectivity index is 1.82. The number of piperidine rings is 1. The van der Waals surface area contributed by atoms with E-state index in [0.29, 0.717) is 25.9 Å². The van der Waals surface area contributed by atoms with Gasteiger partial charge in [0.15, 0.2) is 0 Å².